The first kappa shape index (κ1) is 16.5. The van der Waals surface area contributed by atoms with E-state index in [-0.39, 0.29) is 0 Å². The van der Waals surface area contributed by atoms with Gasteiger partial charge in [0.25, 0.3) is 0 Å². The van der Waals surface area contributed by atoms with E-state index in [4.69, 9.17) is 0 Å². The number of aryl methyl sites for hydroxylation is 2. The largest absolute Gasteiger partial charge is 0.386 e. The van der Waals surface area contributed by atoms with Crippen molar-refractivity contribution in [2.24, 2.45) is 7.05 Å². The molecule has 0 radical (unpaired) electrons. The maximum atomic E-state index is 10.2. The molecule has 0 spiro atoms. The van der Waals surface area contributed by atoms with E-state index in [0.29, 0.717) is 0 Å². The molecule has 126 valence electrons. The summed E-state index contributed by atoms with van der Waals surface area (Å²) in [6.45, 7) is 5.74. The molecule has 0 aliphatic rings. The Labute approximate surface area is 142 Å². The van der Waals surface area contributed by atoms with Gasteiger partial charge in [-0.25, -0.2) is 9.97 Å². The average Bonchev–Trinajstić information content (AvgIpc) is 2.93. The summed E-state index contributed by atoms with van der Waals surface area (Å²) in [4.78, 5) is 10.9. The van der Waals surface area contributed by atoms with Gasteiger partial charge in [-0.05, 0) is 37.5 Å². The minimum absolute atomic E-state index is 0.840. The third kappa shape index (κ3) is 2.87. The van der Waals surface area contributed by atoms with Crippen molar-refractivity contribution in [1.29, 1.82) is 0 Å². The third-order valence-electron chi connectivity index (χ3n) is 4.47. The van der Waals surface area contributed by atoms with Crippen LogP contribution in [0.5, 0.6) is 0 Å². The highest BCUT2D eigenvalue weighted by molar-refractivity contribution is 5.79. The van der Waals surface area contributed by atoms with E-state index >= 15 is 0 Å². The lowest BCUT2D eigenvalue weighted by molar-refractivity contribution is 0.0785. The Morgan fingerprint density at radius 3 is 2.62 bits per heavy atom. The topological polar surface area (TPSA) is 54.2 Å². The number of hydrogen-bond donors (Lipinski definition) is 1. The molecule has 3 rings (SSSR count). The standard InChI is InChI=1S/C19H24N4O/c1-6-13-9-14(19(2,3)24)7-8-16(13)23(5)18-10-17-15(11-20-18)21-12-22(17)4/h7-12,24H,6H2,1-5H3. The molecule has 0 atom stereocenters. The maximum Gasteiger partial charge on any atom is 0.134 e. The van der Waals surface area contributed by atoms with Crippen LogP contribution >= 0.6 is 0 Å². The number of rotatable bonds is 4. The van der Waals surface area contributed by atoms with Gasteiger partial charge in [-0.2, -0.15) is 0 Å². The van der Waals surface area contributed by atoms with Crippen molar-refractivity contribution in [3.8, 4) is 0 Å². The molecule has 2 heterocycles. The Kier molecular flexibility index (Phi) is 4.05. The minimum Gasteiger partial charge on any atom is -0.386 e. The van der Waals surface area contributed by atoms with E-state index in [2.05, 4.69) is 33.9 Å². The van der Waals surface area contributed by atoms with Crippen molar-refractivity contribution in [3.05, 3.63) is 47.9 Å². The van der Waals surface area contributed by atoms with E-state index in [1.807, 2.05) is 44.6 Å². The Morgan fingerprint density at radius 1 is 1.21 bits per heavy atom. The molecule has 3 aromatic rings. The highest BCUT2D eigenvalue weighted by atomic mass is 16.3. The van der Waals surface area contributed by atoms with Gasteiger partial charge in [-0.1, -0.05) is 19.1 Å². The van der Waals surface area contributed by atoms with E-state index in [1.54, 1.807) is 12.5 Å². The summed E-state index contributed by atoms with van der Waals surface area (Å²) in [6, 6.07) is 8.16. The van der Waals surface area contributed by atoms with Crippen LogP contribution in [0.25, 0.3) is 11.0 Å². The van der Waals surface area contributed by atoms with E-state index < -0.39 is 5.60 Å². The quantitative estimate of drug-likeness (QED) is 0.798. The smallest absolute Gasteiger partial charge is 0.134 e. The van der Waals surface area contributed by atoms with Crippen LogP contribution in [0.1, 0.15) is 31.9 Å². The summed E-state index contributed by atoms with van der Waals surface area (Å²) in [7, 11) is 4.00. The molecule has 0 saturated heterocycles. The van der Waals surface area contributed by atoms with Gasteiger partial charge >= 0.3 is 0 Å². The van der Waals surface area contributed by atoms with Gasteiger partial charge < -0.3 is 14.6 Å². The highest BCUT2D eigenvalue weighted by Crippen LogP contribution is 2.31. The van der Waals surface area contributed by atoms with Crippen LogP contribution in [0, 0.1) is 0 Å². The molecule has 0 unspecified atom stereocenters. The predicted octanol–water partition coefficient (Wildman–Crippen LogP) is 3.53. The molecule has 2 aromatic heterocycles. The van der Waals surface area contributed by atoms with Crippen LogP contribution in [0.4, 0.5) is 11.5 Å². The van der Waals surface area contributed by atoms with Gasteiger partial charge in [0, 0.05) is 25.8 Å². The molecule has 0 fully saturated rings. The number of nitrogens with zero attached hydrogens (tertiary/aromatic N) is 4. The second-order valence-corrected chi connectivity index (χ2v) is 6.70. The summed E-state index contributed by atoms with van der Waals surface area (Å²) in [5.74, 6) is 0.872. The molecule has 0 aliphatic heterocycles. The second kappa shape index (κ2) is 5.91. The number of anilines is 2. The molecule has 0 amide bonds. The van der Waals surface area contributed by atoms with Crippen LogP contribution in [0.2, 0.25) is 0 Å². The number of hydrogen-bond acceptors (Lipinski definition) is 4. The molecule has 1 N–H and O–H groups in total. The molecule has 5 nitrogen and oxygen atoms in total. The van der Waals surface area contributed by atoms with Crippen molar-refractivity contribution < 1.29 is 5.11 Å². The van der Waals surface area contributed by atoms with Crippen molar-refractivity contribution in [1.82, 2.24) is 14.5 Å². The van der Waals surface area contributed by atoms with Crippen LogP contribution in [-0.2, 0) is 19.1 Å². The third-order valence-corrected chi connectivity index (χ3v) is 4.47. The monoisotopic (exact) mass is 324 g/mol. The van der Waals surface area contributed by atoms with Crippen LogP contribution in [-0.4, -0.2) is 26.7 Å². The Bertz CT molecular complexity index is 877. The van der Waals surface area contributed by atoms with Crippen LogP contribution in [0.3, 0.4) is 0 Å². The van der Waals surface area contributed by atoms with Crippen molar-refractivity contribution >= 4 is 22.5 Å². The van der Waals surface area contributed by atoms with Gasteiger partial charge in [0.1, 0.15) is 11.3 Å². The Morgan fingerprint density at radius 2 is 1.96 bits per heavy atom. The van der Waals surface area contributed by atoms with E-state index in [1.165, 1.54) is 5.56 Å². The highest BCUT2D eigenvalue weighted by Gasteiger charge is 2.19. The van der Waals surface area contributed by atoms with E-state index in [0.717, 1.165) is 34.5 Å². The number of aliphatic hydroxyl groups is 1. The molecule has 1 aromatic carbocycles. The molecular weight excluding hydrogens is 300 g/mol. The maximum absolute atomic E-state index is 10.2. The summed E-state index contributed by atoms with van der Waals surface area (Å²) in [5, 5.41) is 10.2. The normalized spacial score (nSPS) is 11.9. The van der Waals surface area contributed by atoms with E-state index in [9.17, 15) is 5.11 Å². The average molecular weight is 324 g/mol. The fourth-order valence-corrected chi connectivity index (χ4v) is 2.90. The molecule has 24 heavy (non-hydrogen) atoms. The van der Waals surface area contributed by atoms with Gasteiger partial charge in [0.15, 0.2) is 0 Å². The Hall–Kier alpha value is -2.40. The van der Waals surface area contributed by atoms with Gasteiger partial charge in [0.05, 0.1) is 23.6 Å². The molecular formula is C19H24N4O. The lowest BCUT2D eigenvalue weighted by Gasteiger charge is -2.25. The fourth-order valence-electron chi connectivity index (χ4n) is 2.90. The lowest BCUT2D eigenvalue weighted by Crippen LogP contribution is -2.18. The predicted molar refractivity (Wildman–Crippen MR) is 97.6 cm³/mol. The van der Waals surface area contributed by atoms with Crippen molar-refractivity contribution in [2.75, 3.05) is 11.9 Å². The lowest BCUT2D eigenvalue weighted by atomic mass is 9.94. The zero-order chi connectivity index (χ0) is 17.5. The summed E-state index contributed by atoms with van der Waals surface area (Å²) < 4.78 is 1.99. The first-order valence-electron chi connectivity index (χ1n) is 8.18. The molecule has 0 bridgehead atoms. The van der Waals surface area contributed by atoms with Gasteiger partial charge in [-0.15, -0.1) is 0 Å². The SMILES string of the molecule is CCc1cc(C(C)(C)O)ccc1N(C)c1cc2c(cn1)ncn2C. The first-order chi connectivity index (χ1) is 11.3. The van der Waals surface area contributed by atoms with Crippen molar-refractivity contribution in [2.45, 2.75) is 32.8 Å². The molecule has 0 saturated carbocycles. The van der Waals surface area contributed by atoms with Crippen LogP contribution in [0.15, 0.2) is 36.8 Å². The molecule has 0 aliphatic carbocycles. The van der Waals surface area contributed by atoms with Gasteiger partial charge in [-0.3, -0.25) is 0 Å². The zero-order valence-corrected chi connectivity index (χ0v) is 14.9. The summed E-state index contributed by atoms with van der Waals surface area (Å²) in [5.41, 5.74) is 4.31. The van der Waals surface area contributed by atoms with Gasteiger partial charge in [0.2, 0.25) is 0 Å². The minimum atomic E-state index is -0.840. The van der Waals surface area contributed by atoms with Crippen LogP contribution < -0.4 is 4.90 Å². The number of benzene rings is 1. The Balaban J connectivity index is 2.04. The number of pyridine rings is 1. The zero-order valence-electron chi connectivity index (χ0n) is 14.9. The fraction of sp³-hybridized carbons (Fsp3) is 0.368. The number of imidazole rings is 1. The van der Waals surface area contributed by atoms with Crippen molar-refractivity contribution in [3.63, 3.8) is 0 Å². The summed E-state index contributed by atoms with van der Waals surface area (Å²) >= 11 is 0. The summed E-state index contributed by atoms with van der Waals surface area (Å²) in [6.07, 6.45) is 4.49. The number of fused-ring (bicyclic) bond motifs is 1. The number of aromatic nitrogens is 3. The molecule has 5 heteroatoms. The second-order valence-electron chi connectivity index (χ2n) is 6.70. The first-order valence-corrected chi connectivity index (χ1v) is 8.18.